The van der Waals surface area contributed by atoms with E-state index in [1.807, 2.05) is 24.3 Å². The number of rotatable bonds is 5. The summed E-state index contributed by atoms with van der Waals surface area (Å²) in [6, 6.07) is 6.86. The second kappa shape index (κ2) is 6.99. The number of hydrogen-bond donors (Lipinski definition) is 2. The van der Waals surface area contributed by atoms with Crippen molar-refractivity contribution in [3.8, 4) is 11.4 Å². The molecule has 0 aliphatic heterocycles. The van der Waals surface area contributed by atoms with Crippen LogP contribution in [0.4, 0.5) is 0 Å². The minimum absolute atomic E-state index is 0. The second-order valence-corrected chi connectivity index (χ2v) is 6.25. The number of benzene rings is 1. The van der Waals surface area contributed by atoms with Gasteiger partial charge >= 0.3 is 0 Å². The van der Waals surface area contributed by atoms with Gasteiger partial charge in [-0.25, -0.2) is 13.1 Å². The first-order valence-electron chi connectivity index (χ1n) is 5.99. The van der Waals surface area contributed by atoms with E-state index >= 15 is 0 Å². The zero-order valence-corrected chi connectivity index (χ0v) is 13.2. The summed E-state index contributed by atoms with van der Waals surface area (Å²) in [5.74, 6) is 0.624. The zero-order chi connectivity index (χ0) is 14.8. The molecule has 21 heavy (non-hydrogen) atoms. The Morgan fingerprint density at radius 1 is 1.33 bits per heavy atom. The normalized spacial score (nSPS) is 12.7. The number of nitrogens with zero attached hydrogens (tertiary/aromatic N) is 2. The summed E-state index contributed by atoms with van der Waals surface area (Å²) in [6.45, 7) is 2.10. The number of nitrogens with one attached hydrogen (secondary N) is 1. The molecular formula is C12H17ClN4O3S. The van der Waals surface area contributed by atoms with Crippen LogP contribution in [0.5, 0.6) is 0 Å². The molecule has 0 saturated heterocycles. The molecule has 0 amide bonds. The number of hydrogen-bond acceptors (Lipinski definition) is 6. The van der Waals surface area contributed by atoms with Crippen LogP contribution >= 0.6 is 12.4 Å². The molecule has 0 radical (unpaired) electrons. The largest absolute Gasteiger partial charge is 0.337 e. The summed E-state index contributed by atoms with van der Waals surface area (Å²) in [5, 5.41) is 3.84. The van der Waals surface area contributed by atoms with Gasteiger partial charge in [0, 0.05) is 12.1 Å². The molecule has 7 nitrogen and oxygen atoms in total. The smallest absolute Gasteiger partial charge is 0.244 e. The fraction of sp³-hybridized carbons (Fsp3) is 0.333. The van der Waals surface area contributed by atoms with Crippen molar-refractivity contribution in [1.29, 1.82) is 0 Å². The average molecular weight is 333 g/mol. The van der Waals surface area contributed by atoms with Crippen molar-refractivity contribution in [2.45, 2.75) is 19.5 Å². The highest BCUT2D eigenvalue weighted by Gasteiger charge is 2.18. The van der Waals surface area contributed by atoms with Gasteiger partial charge in [-0.2, -0.15) is 4.98 Å². The molecule has 1 aromatic heterocycles. The van der Waals surface area contributed by atoms with Gasteiger partial charge < -0.3 is 10.3 Å². The van der Waals surface area contributed by atoms with E-state index in [2.05, 4.69) is 14.9 Å². The lowest BCUT2D eigenvalue weighted by molar-refractivity contribution is 0.354. The highest BCUT2D eigenvalue weighted by molar-refractivity contribution is 7.88. The van der Waals surface area contributed by atoms with Gasteiger partial charge in [0.15, 0.2) is 0 Å². The molecule has 116 valence electrons. The molecule has 1 aromatic carbocycles. The predicted molar refractivity (Wildman–Crippen MR) is 81.3 cm³/mol. The standard InChI is InChI=1S/C12H16N4O3S.ClH/c1-8(16-20(2,17)18)12-14-11(15-19-12)10-5-3-9(7-13)4-6-10;/h3-6,8,16H,7,13H2,1-2H3;1H. The van der Waals surface area contributed by atoms with Gasteiger partial charge in [-0.1, -0.05) is 29.4 Å². The maximum atomic E-state index is 11.1. The van der Waals surface area contributed by atoms with Crippen LogP contribution in [0.2, 0.25) is 0 Å². The molecule has 9 heteroatoms. The van der Waals surface area contributed by atoms with Crippen LogP contribution in [0, 0.1) is 0 Å². The fourth-order valence-corrected chi connectivity index (χ4v) is 2.43. The molecule has 1 atom stereocenters. The van der Waals surface area contributed by atoms with Gasteiger partial charge in [-0.15, -0.1) is 12.4 Å². The van der Waals surface area contributed by atoms with Crippen molar-refractivity contribution in [1.82, 2.24) is 14.9 Å². The Hall–Kier alpha value is -1.48. The quantitative estimate of drug-likeness (QED) is 0.851. The summed E-state index contributed by atoms with van der Waals surface area (Å²) in [5.41, 5.74) is 7.31. The molecular weight excluding hydrogens is 316 g/mol. The average Bonchev–Trinajstić information content (AvgIpc) is 2.86. The topological polar surface area (TPSA) is 111 Å². The first-order chi connectivity index (χ1) is 9.39. The predicted octanol–water partition coefficient (Wildman–Crippen LogP) is 1.23. The highest BCUT2D eigenvalue weighted by Crippen LogP contribution is 2.19. The van der Waals surface area contributed by atoms with Crippen LogP contribution in [-0.4, -0.2) is 24.8 Å². The van der Waals surface area contributed by atoms with E-state index in [1.54, 1.807) is 6.92 Å². The van der Waals surface area contributed by atoms with Gasteiger partial charge in [-0.3, -0.25) is 0 Å². The molecule has 0 aliphatic carbocycles. The van der Waals surface area contributed by atoms with E-state index in [9.17, 15) is 8.42 Å². The van der Waals surface area contributed by atoms with Gasteiger partial charge in [0.2, 0.25) is 21.7 Å². The van der Waals surface area contributed by atoms with Gasteiger partial charge in [-0.05, 0) is 12.5 Å². The minimum atomic E-state index is -3.33. The molecule has 0 saturated carbocycles. The molecule has 0 spiro atoms. The lowest BCUT2D eigenvalue weighted by Crippen LogP contribution is -2.25. The van der Waals surface area contributed by atoms with Gasteiger partial charge in [0.1, 0.15) is 0 Å². The third-order valence-electron chi connectivity index (χ3n) is 2.65. The maximum Gasteiger partial charge on any atom is 0.244 e. The first-order valence-corrected chi connectivity index (χ1v) is 7.88. The van der Waals surface area contributed by atoms with Crippen molar-refractivity contribution in [2.24, 2.45) is 5.73 Å². The van der Waals surface area contributed by atoms with Gasteiger partial charge in [0.05, 0.1) is 12.3 Å². The molecule has 0 bridgehead atoms. The van der Waals surface area contributed by atoms with E-state index in [1.165, 1.54) is 0 Å². The molecule has 0 fully saturated rings. The van der Waals surface area contributed by atoms with Crippen LogP contribution in [0.15, 0.2) is 28.8 Å². The Bertz CT molecular complexity index is 685. The van der Waals surface area contributed by atoms with Crippen LogP contribution in [0.1, 0.15) is 24.4 Å². The molecule has 0 aliphatic rings. The Kier molecular flexibility index (Phi) is 5.85. The molecule has 1 unspecified atom stereocenters. The number of halogens is 1. The highest BCUT2D eigenvalue weighted by atomic mass is 35.5. The summed E-state index contributed by atoms with van der Waals surface area (Å²) in [4.78, 5) is 4.18. The first kappa shape index (κ1) is 17.6. The second-order valence-electron chi connectivity index (χ2n) is 4.47. The number of nitrogens with two attached hydrogens (primary N) is 1. The Labute approximate surface area is 129 Å². The molecule has 3 N–H and O–H groups in total. The van der Waals surface area contributed by atoms with Crippen molar-refractivity contribution in [3.63, 3.8) is 0 Å². The van der Waals surface area contributed by atoms with E-state index in [0.29, 0.717) is 12.4 Å². The van der Waals surface area contributed by atoms with Crippen LogP contribution in [0.3, 0.4) is 0 Å². The van der Waals surface area contributed by atoms with E-state index in [-0.39, 0.29) is 18.3 Å². The molecule has 1 heterocycles. The third-order valence-corrected chi connectivity index (χ3v) is 3.43. The van der Waals surface area contributed by atoms with Crippen LogP contribution in [-0.2, 0) is 16.6 Å². The number of aromatic nitrogens is 2. The van der Waals surface area contributed by atoms with E-state index in [4.69, 9.17) is 10.3 Å². The van der Waals surface area contributed by atoms with Crippen LogP contribution < -0.4 is 10.5 Å². The summed E-state index contributed by atoms with van der Waals surface area (Å²) < 4.78 is 29.7. The Balaban J connectivity index is 0.00000220. The van der Waals surface area contributed by atoms with Crippen molar-refractivity contribution in [3.05, 3.63) is 35.7 Å². The van der Waals surface area contributed by atoms with Crippen LogP contribution in [0.25, 0.3) is 11.4 Å². The summed E-state index contributed by atoms with van der Waals surface area (Å²) in [6.07, 6.45) is 1.08. The number of sulfonamides is 1. The Morgan fingerprint density at radius 3 is 2.48 bits per heavy atom. The fourth-order valence-electron chi connectivity index (χ4n) is 1.69. The molecule has 2 rings (SSSR count). The van der Waals surface area contributed by atoms with Gasteiger partial charge in [0.25, 0.3) is 0 Å². The lowest BCUT2D eigenvalue weighted by atomic mass is 10.1. The van der Waals surface area contributed by atoms with E-state index in [0.717, 1.165) is 17.4 Å². The van der Waals surface area contributed by atoms with Crippen molar-refractivity contribution >= 4 is 22.4 Å². The SMILES string of the molecule is CC(NS(C)(=O)=O)c1nc(-c2ccc(CN)cc2)no1.Cl. The maximum absolute atomic E-state index is 11.1. The van der Waals surface area contributed by atoms with Crippen molar-refractivity contribution < 1.29 is 12.9 Å². The van der Waals surface area contributed by atoms with Crippen molar-refractivity contribution in [2.75, 3.05) is 6.26 Å². The Morgan fingerprint density at radius 2 is 1.95 bits per heavy atom. The zero-order valence-electron chi connectivity index (χ0n) is 11.6. The third kappa shape index (κ3) is 4.78. The monoisotopic (exact) mass is 332 g/mol. The summed E-state index contributed by atoms with van der Waals surface area (Å²) >= 11 is 0. The minimum Gasteiger partial charge on any atom is -0.337 e. The van der Waals surface area contributed by atoms with E-state index < -0.39 is 16.1 Å². The summed E-state index contributed by atoms with van der Waals surface area (Å²) in [7, 11) is -3.33. The lowest BCUT2D eigenvalue weighted by Gasteiger charge is -2.05. The molecule has 2 aromatic rings.